The van der Waals surface area contributed by atoms with Gasteiger partial charge in [-0.2, -0.15) is 0 Å². The minimum atomic E-state index is -4.81. The Balaban J connectivity index is 1.71. The highest BCUT2D eigenvalue weighted by Crippen LogP contribution is 2.32. The summed E-state index contributed by atoms with van der Waals surface area (Å²) < 4.78 is 40.2. The normalized spacial score (nSPS) is 13.7. The summed E-state index contributed by atoms with van der Waals surface area (Å²) in [5, 5.41) is 16.7. The molecule has 3 rings (SSSR count). The molecule has 1 fully saturated rings. The van der Waals surface area contributed by atoms with Crippen LogP contribution in [-0.4, -0.2) is 23.2 Å². The average Bonchev–Trinajstić information content (AvgIpc) is 3.39. The van der Waals surface area contributed by atoms with Crippen LogP contribution in [-0.2, 0) is 0 Å². The van der Waals surface area contributed by atoms with E-state index in [0.29, 0.717) is 5.69 Å². The smallest absolute Gasteiger partial charge is 0.406 e. The Morgan fingerprint density at radius 3 is 2.37 bits per heavy atom. The number of hydrogen-bond donors (Lipinski definition) is 2. The van der Waals surface area contributed by atoms with Crippen LogP contribution < -0.4 is 15.4 Å². The van der Waals surface area contributed by atoms with Gasteiger partial charge in [-0.25, -0.2) is 0 Å². The highest BCUT2D eigenvalue weighted by atomic mass is 19.4. The maximum atomic E-state index is 12.3. The number of anilines is 2. The number of nitro benzene ring substituents is 1. The lowest BCUT2D eigenvalue weighted by atomic mass is 10.1. The van der Waals surface area contributed by atoms with Crippen LogP contribution in [0, 0.1) is 10.1 Å². The van der Waals surface area contributed by atoms with Crippen molar-refractivity contribution in [3.8, 4) is 5.75 Å². The van der Waals surface area contributed by atoms with E-state index in [1.54, 1.807) is 0 Å². The third kappa shape index (κ3) is 5.09. The summed E-state index contributed by atoms with van der Waals surface area (Å²) in [6.45, 7) is 0. The van der Waals surface area contributed by atoms with E-state index < -0.39 is 22.9 Å². The van der Waals surface area contributed by atoms with Gasteiger partial charge in [-0.05, 0) is 49.2 Å². The van der Waals surface area contributed by atoms with Crippen LogP contribution >= 0.6 is 0 Å². The molecule has 2 aromatic carbocycles. The van der Waals surface area contributed by atoms with Gasteiger partial charge in [0.15, 0.2) is 0 Å². The van der Waals surface area contributed by atoms with E-state index in [0.717, 1.165) is 31.0 Å². The van der Waals surface area contributed by atoms with Gasteiger partial charge >= 0.3 is 6.36 Å². The number of rotatable bonds is 6. The van der Waals surface area contributed by atoms with Crippen LogP contribution in [0.3, 0.4) is 0 Å². The second-order valence-electron chi connectivity index (χ2n) is 5.93. The first-order chi connectivity index (χ1) is 12.7. The van der Waals surface area contributed by atoms with Gasteiger partial charge in [0, 0.05) is 23.4 Å². The van der Waals surface area contributed by atoms with Gasteiger partial charge in [-0.1, -0.05) is 0 Å². The van der Waals surface area contributed by atoms with Crippen LogP contribution in [0.15, 0.2) is 42.5 Å². The zero-order valence-electron chi connectivity index (χ0n) is 13.7. The van der Waals surface area contributed by atoms with Crippen molar-refractivity contribution in [2.75, 3.05) is 10.6 Å². The molecule has 0 aromatic heterocycles. The molecule has 2 aromatic rings. The van der Waals surface area contributed by atoms with E-state index in [1.165, 1.54) is 24.3 Å². The van der Waals surface area contributed by atoms with E-state index in [4.69, 9.17) is 0 Å². The van der Waals surface area contributed by atoms with Gasteiger partial charge < -0.3 is 15.4 Å². The summed E-state index contributed by atoms with van der Waals surface area (Å²) in [6.07, 6.45) is -2.93. The van der Waals surface area contributed by atoms with Crippen molar-refractivity contribution in [3.63, 3.8) is 0 Å². The topological polar surface area (TPSA) is 93.5 Å². The van der Waals surface area contributed by atoms with Crippen LogP contribution in [0.5, 0.6) is 5.75 Å². The Hall–Kier alpha value is -3.30. The molecule has 1 amide bonds. The summed E-state index contributed by atoms with van der Waals surface area (Å²) in [6, 6.07) is 8.83. The minimum absolute atomic E-state index is 0.0543. The number of carbonyl (C=O) groups excluding carboxylic acids is 1. The predicted molar refractivity (Wildman–Crippen MR) is 90.8 cm³/mol. The van der Waals surface area contributed by atoms with Crippen molar-refractivity contribution < 1.29 is 27.6 Å². The monoisotopic (exact) mass is 381 g/mol. The molecule has 0 atom stereocenters. The molecular formula is C17H14F3N3O4. The van der Waals surface area contributed by atoms with Crippen LogP contribution in [0.4, 0.5) is 30.2 Å². The minimum Gasteiger partial charge on any atom is -0.406 e. The maximum absolute atomic E-state index is 12.3. The van der Waals surface area contributed by atoms with E-state index in [2.05, 4.69) is 15.4 Å². The van der Waals surface area contributed by atoms with Crippen molar-refractivity contribution in [3.05, 3.63) is 58.1 Å². The fourth-order valence-electron chi connectivity index (χ4n) is 2.34. The second-order valence-corrected chi connectivity index (χ2v) is 5.93. The molecule has 0 spiro atoms. The fourth-order valence-corrected chi connectivity index (χ4v) is 2.34. The second kappa shape index (κ2) is 7.14. The zero-order valence-corrected chi connectivity index (χ0v) is 13.7. The van der Waals surface area contributed by atoms with E-state index in [9.17, 15) is 28.1 Å². The van der Waals surface area contributed by atoms with E-state index in [1.807, 2.05) is 0 Å². The first-order valence-electron chi connectivity index (χ1n) is 7.93. The summed E-state index contributed by atoms with van der Waals surface area (Å²) in [7, 11) is 0. The van der Waals surface area contributed by atoms with Crippen molar-refractivity contribution in [2.24, 2.45) is 0 Å². The summed E-state index contributed by atoms with van der Waals surface area (Å²) in [5.41, 5.74) is 0.396. The number of nitro groups is 1. The number of benzene rings is 2. The van der Waals surface area contributed by atoms with E-state index in [-0.39, 0.29) is 23.0 Å². The average molecular weight is 381 g/mol. The molecule has 10 heteroatoms. The Kier molecular flexibility index (Phi) is 4.89. The molecule has 0 saturated heterocycles. The van der Waals surface area contributed by atoms with Gasteiger partial charge in [0.2, 0.25) is 0 Å². The predicted octanol–water partition coefficient (Wildman–Crippen LogP) is 4.32. The van der Waals surface area contributed by atoms with Gasteiger partial charge in [0.25, 0.3) is 11.6 Å². The van der Waals surface area contributed by atoms with Gasteiger partial charge in [0.05, 0.1) is 4.92 Å². The summed E-state index contributed by atoms with van der Waals surface area (Å²) in [5.74, 6) is -1.05. The van der Waals surface area contributed by atoms with Crippen molar-refractivity contribution in [1.29, 1.82) is 0 Å². The van der Waals surface area contributed by atoms with Gasteiger partial charge in [0.1, 0.15) is 11.4 Å². The highest BCUT2D eigenvalue weighted by molar-refractivity contribution is 6.05. The standard InChI is InChI=1S/C17H14F3N3O4/c18-17(19,20)27-13-6-4-12(5-7-13)22-16(24)10-1-8-14(21-11-2-3-11)15(9-10)23(25)26/h1,4-9,11,21H,2-3H2,(H,22,24). The number of nitrogens with zero attached hydrogens (tertiary/aromatic N) is 1. The van der Waals surface area contributed by atoms with Gasteiger partial charge in [-0.15, -0.1) is 13.2 Å². The molecule has 142 valence electrons. The number of amides is 1. The number of carbonyl (C=O) groups is 1. The molecule has 2 N–H and O–H groups in total. The Morgan fingerprint density at radius 2 is 1.81 bits per heavy atom. The third-order valence-corrected chi connectivity index (χ3v) is 3.74. The van der Waals surface area contributed by atoms with Crippen LogP contribution in [0.1, 0.15) is 23.2 Å². The molecule has 27 heavy (non-hydrogen) atoms. The number of nitrogens with one attached hydrogen (secondary N) is 2. The number of ether oxygens (including phenoxy) is 1. The van der Waals surface area contributed by atoms with Crippen LogP contribution in [0.2, 0.25) is 0 Å². The van der Waals surface area contributed by atoms with Crippen molar-refractivity contribution in [1.82, 2.24) is 0 Å². The molecule has 7 nitrogen and oxygen atoms in total. The summed E-state index contributed by atoms with van der Waals surface area (Å²) >= 11 is 0. The van der Waals surface area contributed by atoms with Crippen molar-refractivity contribution in [2.45, 2.75) is 25.2 Å². The molecule has 0 heterocycles. The molecular weight excluding hydrogens is 367 g/mol. The first-order valence-corrected chi connectivity index (χ1v) is 7.93. The quantitative estimate of drug-likeness (QED) is 0.574. The largest absolute Gasteiger partial charge is 0.573 e. The SMILES string of the molecule is O=C(Nc1ccc(OC(F)(F)F)cc1)c1ccc(NC2CC2)c([N+](=O)[O-])c1. The number of hydrogen-bond acceptors (Lipinski definition) is 5. The summed E-state index contributed by atoms with van der Waals surface area (Å²) in [4.78, 5) is 22.9. The maximum Gasteiger partial charge on any atom is 0.573 e. The number of alkyl halides is 3. The molecule has 0 aliphatic heterocycles. The molecule has 0 unspecified atom stereocenters. The molecule has 1 aliphatic rings. The van der Waals surface area contributed by atoms with Crippen LogP contribution in [0.25, 0.3) is 0 Å². The molecule has 1 saturated carbocycles. The third-order valence-electron chi connectivity index (χ3n) is 3.74. The lowest BCUT2D eigenvalue weighted by Crippen LogP contribution is -2.17. The van der Waals surface area contributed by atoms with Gasteiger partial charge in [-0.3, -0.25) is 14.9 Å². The van der Waals surface area contributed by atoms with Crippen molar-refractivity contribution >= 4 is 23.0 Å². The Labute approximate surface area is 151 Å². The Bertz CT molecular complexity index is 865. The molecule has 1 aliphatic carbocycles. The zero-order chi connectivity index (χ0) is 19.6. The highest BCUT2D eigenvalue weighted by Gasteiger charge is 2.31. The lowest BCUT2D eigenvalue weighted by Gasteiger charge is -2.10. The molecule has 0 bridgehead atoms. The Morgan fingerprint density at radius 1 is 1.15 bits per heavy atom. The fraction of sp³-hybridized carbons (Fsp3) is 0.235. The van der Waals surface area contributed by atoms with E-state index >= 15 is 0 Å². The lowest BCUT2D eigenvalue weighted by molar-refractivity contribution is -0.384. The molecule has 0 radical (unpaired) electrons. The first kappa shape index (κ1) is 18.5. The number of halogens is 3.